The minimum atomic E-state index is 0.230. The Morgan fingerprint density at radius 3 is 2.60 bits per heavy atom. The normalized spacial score (nSPS) is 38.7. The van der Waals surface area contributed by atoms with Crippen LogP contribution in [0.25, 0.3) is 0 Å². The SMILES string of the molecule is CC1CC1c1ccc(C2C(N)CCCCN2C2CC2)o1. The zero-order chi connectivity index (χ0) is 13.7. The quantitative estimate of drug-likeness (QED) is 0.918. The molecule has 1 aliphatic heterocycles. The van der Waals surface area contributed by atoms with E-state index in [4.69, 9.17) is 10.2 Å². The highest BCUT2D eigenvalue weighted by molar-refractivity contribution is 5.21. The summed E-state index contributed by atoms with van der Waals surface area (Å²) in [6.45, 7) is 3.50. The van der Waals surface area contributed by atoms with Crippen LogP contribution in [0.4, 0.5) is 0 Å². The molecule has 2 heterocycles. The van der Waals surface area contributed by atoms with Crippen molar-refractivity contribution in [2.24, 2.45) is 11.7 Å². The zero-order valence-corrected chi connectivity index (χ0v) is 12.4. The molecule has 3 nitrogen and oxygen atoms in total. The van der Waals surface area contributed by atoms with E-state index in [0.717, 1.165) is 24.1 Å². The molecule has 2 N–H and O–H groups in total. The summed E-state index contributed by atoms with van der Waals surface area (Å²) in [5.74, 6) is 3.79. The molecule has 0 amide bonds. The van der Waals surface area contributed by atoms with Crippen LogP contribution in [-0.4, -0.2) is 23.5 Å². The molecule has 0 spiro atoms. The molecular formula is C17H26N2O. The topological polar surface area (TPSA) is 42.4 Å². The van der Waals surface area contributed by atoms with Crippen molar-refractivity contribution in [3.8, 4) is 0 Å². The summed E-state index contributed by atoms with van der Waals surface area (Å²) in [6.07, 6.45) is 7.65. The van der Waals surface area contributed by atoms with Gasteiger partial charge in [0, 0.05) is 18.0 Å². The Morgan fingerprint density at radius 2 is 1.90 bits per heavy atom. The summed E-state index contributed by atoms with van der Waals surface area (Å²) in [5, 5.41) is 0. The fourth-order valence-corrected chi connectivity index (χ4v) is 3.85. The fourth-order valence-electron chi connectivity index (χ4n) is 3.85. The third-order valence-corrected chi connectivity index (χ3v) is 5.40. The van der Waals surface area contributed by atoms with Crippen LogP contribution in [0, 0.1) is 5.92 Å². The van der Waals surface area contributed by atoms with Crippen molar-refractivity contribution in [1.82, 2.24) is 4.90 Å². The minimum Gasteiger partial charge on any atom is -0.464 e. The molecule has 1 saturated heterocycles. The highest BCUT2D eigenvalue weighted by Gasteiger charge is 2.41. The molecule has 4 unspecified atom stereocenters. The van der Waals surface area contributed by atoms with Crippen LogP contribution in [0.2, 0.25) is 0 Å². The first-order chi connectivity index (χ1) is 9.74. The lowest BCUT2D eigenvalue weighted by molar-refractivity contribution is 0.152. The molecule has 4 rings (SSSR count). The van der Waals surface area contributed by atoms with E-state index in [0.29, 0.717) is 12.0 Å². The van der Waals surface area contributed by atoms with E-state index < -0.39 is 0 Å². The van der Waals surface area contributed by atoms with Gasteiger partial charge >= 0.3 is 0 Å². The molecule has 3 fully saturated rings. The maximum absolute atomic E-state index is 6.49. The summed E-state index contributed by atoms with van der Waals surface area (Å²) in [7, 11) is 0. The molecule has 0 aromatic carbocycles. The van der Waals surface area contributed by atoms with Gasteiger partial charge in [-0.3, -0.25) is 4.90 Å². The van der Waals surface area contributed by atoms with Crippen LogP contribution in [0.3, 0.4) is 0 Å². The predicted octanol–water partition coefficient (Wildman–Crippen LogP) is 3.42. The first-order valence-corrected chi connectivity index (χ1v) is 8.35. The largest absolute Gasteiger partial charge is 0.464 e. The molecule has 1 aromatic rings. The van der Waals surface area contributed by atoms with Gasteiger partial charge in [0.25, 0.3) is 0 Å². The predicted molar refractivity (Wildman–Crippen MR) is 79.5 cm³/mol. The first kappa shape index (κ1) is 12.9. The second kappa shape index (κ2) is 4.88. The average molecular weight is 274 g/mol. The van der Waals surface area contributed by atoms with Gasteiger partial charge in [0.1, 0.15) is 11.5 Å². The average Bonchev–Trinajstić information content (AvgIpc) is 3.33. The van der Waals surface area contributed by atoms with Crippen LogP contribution < -0.4 is 5.73 Å². The Kier molecular flexibility index (Phi) is 3.15. The summed E-state index contributed by atoms with van der Waals surface area (Å²) in [4.78, 5) is 2.64. The number of furan rings is 1. The number of likely N-dealkylation sites (tertiary alicyclic amines) is 1. The zero-order valence-electron chi connectivity index (χ0n) is 12.4. The molecule has 0 bridgehead atoms. The number of rotatable bonds is 3. The van der Waals surface area contributed by atoms with Gasteiger partial charge in [-0.1, -0.05) is 13.3 Å². The maximum atomic E-state index is 6.49. The van der Waals surface area contributed by atoms with Crippen molar-refractivity contribution in [3.05, 3.63) is 23.7 Å². The van der Waals surface area contributed by atoms with Crippen LogP contribution in [0.15, 0.2) is 16.5 Å². The van der Waals surface area contributed by atoms with Crippen molar-refractivity contribution in [3.63, 3.8) is 0 Å². The second-order valence-electron chi connectivity index (χ2n) is 7.13. The Labute approximate surface area is 121 Å². The summed E-state index contributed by atoms with van der Waals surface area (Å²) >= 11 is 0. The number of hydrogen-bond acceptors (Lipinski definition) is 3. The fraction of sp³-hybridized carbons (Fsp3) is 0.765. The molecule has 2 saturated carbocycles. The van der Waals surface area contributed by atoms with Crippen molar-refractivity contribution in [1.29, 1.82) is 0 Å². The Hall–Kier alpha value is -0.800. The van der Waals surface area contributed by atoms with Gasteiger partial charge in [0.05, 0.1) is 6.04 Å². The summed E-state index contributed by atoms with van der Waals surface area (Å²) in [5.41, 5.74) is 6.49. The molecule has 3 aliphatic rings. The number of nitrogens with zero attached hydrogens (tertiary/aromatic N) is 1. The lowest BCUT2D eigenvalue weighted by atomic mass is 10.0. The monoisotopic (exact) mass is 274 g/mol. The molecule has 2 aliphatic carbocycles. The van der Waals surface area contributed by atoms with Gasteiger partial charge in [-0.25, -0.2) is 0 Å². The molecule has 1 aromatic heterocycles. The Bertz CT molecular complexity index is 479. The minimum absolute atomic E-state index is 0.230. The van der Waals surface area contributed by atoms with E-state index in [2.05, 4.69) is 24.0 Å². The molecule has 110 valence electrons. The smallest absolute Gasteiger partial charge is 0.122 e. The molecule has 4 atom stereocenters. The lowest BCUT2D eigenvalue weighted by Crippen LogP contribution is -2.40. The number of nitrogens with two attached hydrogens (primary N) is 1. The highest BCUT2D eigenvalue weighted by Crippen LogP contribution is 2.48. The van der Waals surface area contributed by atoms with Crippen LogP contribution in [-0.2, 0) is 0 Å². The van der Waals surface area contributed by atoms with E-state index in [-0.39, 0.29) is 6.04 Å². The molecular weight excluding hydrogens is 248 g/mol. The van der Waals surface area contributed by atoms with Crippen molar-refractivity contribution in [2.45, 2.75) is 69.5 Å². The van der Waals surface area contributed by atoms with Gasteiger partial charge in [0.15, 0.2) is 0 Å². The van der Waals surface area contributed by atoms with Crippen LogP contribution in [0.1, 0.15) is 68.9 Å². The van der Waals surface area contributed by atoms with Gasteiger partial charge in [-0.05, 0) is 56.7 Å². The van der Waals surface area contributed by atoms with Crippen molar-refractivity contribution >= 4 is 0 Å². The van der Waals surface area contributed by atoms with E-state index in [1.165, 1.54) is 44.4 Å². The van der Waals surface area contributed by atoms with Gasteiger partial charge in [-0.15, -0.1) is 0 Å². The molecule has 0 radical (unpaired) electrons. The second-order valence-corrected chi connectivity index (χ2v) is 7.13. The van der Waals surface area contributed by atoms with Gasteiger partial charge in [-0.2, -0.15) is 0 Å². The van der Waals surface area contributed by atoms with Crippen molar-refractivity contribution < 1.29 is 4.42 Å². The van der Waals surface area contributed by atoms with Crippen molar-refractivity contribution in [2.75, 3.05) is 6.54 Å². The van der Waals surface area contributed by atoms with E-state index in [9.17, 15) is 0 Å². The van der Waals surface area contributed by atoms with E-state index >= 15 is 0 Å². The molecule has 3 heteroatoms. The Balaban J connectivity index is 1.60. The highest BCUT2D eigenvalue weighted by atomic mass is 16.3. The van der Waals surface area contributed by atoms with E-state index in [1.807, 2.05) is 0 Å². The summed E-state index contributed by atoms with van der Waals surface area (Å²) < 4.78 is 6.23. The van der Waals surface area contributed by atoms with Gasteiger partial charge < -0.3 is 10.2 Å². The third-order valence-electron chi connectivity index (χ3n) is 5.40. The Morgan fingerprint density at radius 1 is 1.15 bits per heavy atom. The summed E-state index contributed by atoms with van der Waals surface area (Å²) in [6, 6.07) is 5.71. The molecule has 20 heavy (non-hydrogen) atoms. The lowest BCUT2D eigenvalue weighted by Gasteiger charge is -2.32. The number of hydrogen-bond donors (Lipinski definition) is 1. The standard InChI is InChI=1S/C17H26N2O/c1-11-10-13(11)15-7-8-16(20-15)17-14(18)4-2-3-9-19(17)12-5-6-12/h7-8,11-14,17H,2-6,9-10,18H2,1H3. The third kappa shape index (κ3) is 2.31. The maximum Gasteiger partial charge on any atom is 0.122 e. The van der Waals surface area contributed by atoms with Gasteiger partial charge in [0.2, 0.25) is 0 Å². The first-order valence-electron chi connectivity index (χ1n) is 8.35. The van der Waals surface area contributed by atoms with E-state index in [1.54, 1.807) is 0 Å². The van der Waals surface area contributed by atoms with Crippen LogP contribution in [0.5, 0.6) is 0 Å². The van der Waals surface area contributed by atoms with Crippen LogP contribution >= 0.6 is 0 Å².